The highest BCUT2D eigenvalue weighted by Crippen LogP contribution is 2.28. The third kappa shape index (κ3) is 2.61. The van der Waals surface area contributed by atoms with Crippen LogP contribution in [-0.4, -0.2) is 20.7 Å². The zero-order valence-corrected chi connectivity index (χ0v) is 11.5. The van der Waals surface area contributed by atoms with Gasteiger partial charge in [0.2, 0.25) is 10.0 Å². The van der Waals surface area contributed by atoms with Crippen molar-refractivity contribution in [3.63, 3.8) is 0 Å². The minimum atomic E-state index is -3.24. The highest BCUT2D eigenvalue weighted by Gasteiger charge is 2.31. The minimum absolute atomic E-state index is 0.228. The molecule has 0 aromatic heterocycles. The Kier molecular flexibility index (Phi) is 3.80. The van der Waals surface area contributed by atoms with Crippen molar-refractivity contribution in [2.45, 2.75) is 37.4 Å². The van der Waals surface area contributed by atoms with Crippen LogP contribution in [0, 0.1) is 0 Å². The Morgan fingerprint density at radius 2 is 1.67 bits per heavy atom. The number of benzene rings is 1. The average Bonchev–Trinajstić information content (AvgIpc) is 2.40. The Labute approximate surface area is 109 Å². The zero-order chi connectivity index (χ0) is 13.2. The number of nitrogen functional groups attached to an aromatic ring is 1. The molecule has 100 valence electrons. The van der Waals surface area contributed by atoms with Crippen LogP contribution >= 0.6 is 0 Å². The lowest BCUT2D eigenvalue weighted by Gasteiger charge is -2.28. The molecule has 1 aliphatic rings. The van der Waals surface area contributed by atoms with E-state index in [0.29, 0.717) is 11.4 Å². The first-order valence-corrected chi connectivity index (χ1v) is 7.85. The number of nitrogens with two attached hydrogens (primary N) is 1. The Bertz CT molecular complexity index is 490. The molecule has 0 unspecified atom stereocenters. The summed E-state index contributed by atoms with van der Waals surface area (Å²) in [6, 6.07) is 6.94. The van der Waals surface area contributed by atoms with E-state index < -0.39 is 10.0 Å². The fraction of sp³-hybridized carbons (Fsp3) is 0.538. The van der Waals surface area contributed by atoms with Gasteiger partial charge in [0.25, 0.3) is 0 Å². The van der Waals surface area contributed by atoms with Gasteiger partial charge in [-0.15, -0.1) is 0 Å². The lowest BCUT2D eigenvalue weighted by atomic mass is 10.0. The first-order chi connectivity index (χ1) is 8.51. The predicted molar refractivity (Wildman–Crippen MR) is 75.1 cm³/mol. The highest BCUT2D eigenvalue weighted by atomic mass is 32.2. The van der Waals surface area contributed by atoms with Gasteiger partial charge in [0, 0.05) is 12.7 Å². The fourth-order valence-electron chi connectivity index (χ4n) is 2.42. The van der Waals surface area contributed by atoms with E-state index >= 15 is 0 Å². The van der Waals surface area contributed by atoms with Crippen molar-refractivity contribution in [2.75, 3.05) is 17.1 Å². The molecule has 1 aromatic rings. The number of rotatable bonds is 3. The van der Waals surface area contributed by atoms with Crippen LogP contribution < -0.4 is 10.0 Å². The maximum absolute atomic E-state index is 12.5. The van der Waals surface area contributed by atoms with Gasteiger partial charge in [-0.05, 0) is 37.1 Å². The second kappa shape index (κ2) is 5.18. The second-order valence-electron chi connectivity index (χ2n) is 4.86. The summed E-state index contributed by atoms with van der Waals surface area (Å²) >= 11 is 0. The number of nitrogens with zero attached hydrogens (tertiary/aromatic N) is 1. The van der Waals surface area contributed by atoms with E-state index in [9.17, 15) is 8.42 Å². The molecule has 0 amide bonds. The summed E-state index contributed by atoms with van der Waals surface area (Å²) in [5.41, 5.74) is 6.93. The van der Waals surface area contributed by atoms with Crippen LogP contribution in [0.15, 0.2) is 24.3 Å². The molecule has 0 aliphatic heterocycles. The van der Waals surface area contributed by atoms with Crippen LogP contribution in [0.4, 0.5) is 11.4 Å². The normalized spacial score (nSPS) is 17.6. The fourth-order valence-corrected chi connectivity index (χ4v) is 4.21. The van der Waals surface area contributed by atoms with Crippen LogP contribution in [0.1, 0.15) is 32.1 Å². The summed E-state index contributed by atoms with van der Waals surface area (Å²) in [4.78, 5) is 0. The van der Waals surface area contributed by atoms with Crippen molar-refractivity contribution in [3.05, 3.63) is 24.3 Å². The molecule has 0 radical (unpaired) electrons. The van der Waals surface area contributed by atoms with Crippen molar-refractivity contribution in [3.8, 4) is 0 Å². The standard InChI is InChI=1S/C13H20N2O2S/c1-15(12-9-7-11(14)8-10-12)18(16,17)13-5-3-2-4-6-13/h7-10,13H,2-6,14H2,1H3. The molecular formula is C13H20N2O2S. The monoisotopic (exact) mass is 268 g/mol. The first kappa shape index (κ1) is 13.2. The second-order valence-corrected chi connectivity index (χ2v) is 7.11. The summed E-state index contributed by atoms with van der Waals surface area (Å²) in [7, 11) is -1.61. The highest BCUT2D eigenvalue weighted by molar-refractivity contribution is 7.93. The van der Waals surface area contributed by atoms with Gasteiger partial charge < -0.3 is 5.73 Å². The van der Waals surface area contributed by atoms with Gasteiger partial charge in [0.15, 0.2) is 0 Å². The van der Waals surface area contributed by atoms with Crippen molar-refractivity contribution in [1.82, 2.24) is 0 Å². The summed E-state index contributed by atoms with van der Waals surface area (Å²) in [5.74, 6) is 0. The first-order valence-electron chi connectivity index (χ1n) is 6.35. The van der Waals surface area contributed by atoms with E-state index in [1.165, 1.54) is 4.31 Å². The van der Waals surface area contributed by atoms with Crippen molar-refractivity contribution in [1.29, 1.82) is 0 Å². The Balaban J connectivity index is 2.20. The molecule has 2 N–H and O–H groups in total. The lowest BCUT2D eigenvalue weighted by molar-refractivity contribution is 0.483. The largest absolute Gasteiger partial charge is 0.399 e. The molecule has 18 heavy (non-hydrogen) atoms. The number of hydrogen-bond acceptors (Lipinski definition) is 3. The summed E-state index contributed by atoms with van der Waals surface area (Å²) in [5, 5.41) is -0.228. The van der Waals surface area contributed by atoms with Gasteiger partial charge in [-0.25, -0.2) is 8.42 Å². The van der Waals surface area contributed by atoms with Crippen LogP contribution in [-0.2, 0) is 10.0 Å². The number of anilines is 2. The van der Waals surface area contributed by atoms with Crippen LogP contribution in [0.3, 0.4) is 0 Å². The molecule has 0 saturated heterocycles. The maximum Gasteiger partial charge on any atom is 0.237 e. The Morgan fingerprint density at radius 3 is 2.22 bits per heavy atom. The van der Waals surface area contributed by atoms with Gasteiger partial charge in [-0.2, -0.15) is 0 Å². The van der Waals surface area contributed by atoms with Crippen molar-refractivity contribution in [2.24, 2.45) is 0 Å². The van der Waals surface area contributed by atoms with E-state index in [0.717, 1.165) is 32.1 Å². The zero-order valence-electron chi connectivity index (χ0n) is 10.7. The topological polar surface area (TPSA) is 63.4 Å². The smallest absolute Gasteiger partial charge is 0.237 e. The Morgan fingerprint density at radius 1 is 1.11 bits per heavy atom. The molecule has 0 atom stereocenters. The summed E-state index contributed by atoms with van der Waals surface area (Å²) in [6.07, 6.45) is 4.74. The molecule has 0 bridgehead atoms. The quantitative estimate of drug-likeness (QED) is 0.856. The van der Waals surface area contributed by atoms with Gasteiger partial charge in [0.05, 0.1) is 10.9 Å². The van der Waals surface area contributed by atoms with Gasteiger partial charge >= 0.3 is 0 Å². The molecule has 1 fully saturated rings. The SMILES string of the molecule is CN(c1ccc(N)cc1)S(=O)(=O)C1CCCCC1. The van der Waals surface area contributed by atoms with Crippen LogP contribution in [0.25, 0.3) is 0 Å². The molecule has 2 rings (SSSR count). The third-order valence-corrected chi connectivity index (χ3v) is 5.90. The lowest BCUT2D eigenvalue weighted by Crippen LogP contribution is -2.37. The average molecular weight is 268 g/mol. The van der Waals surface area contributed by atoms with Crippen molar-refractivity contribution >= 4 is 21.4 Å². The van der Waals surface area contributed by atoms with E-state index in [2.05, 4.69) is 0 Å². The van der Waals surface area contributed by atoms with Gasteiger partial charge in [-0.1, -0.05) is 19.3 Å². The molecule has 5 heteroatoms. The summed E-state index contributed by atoms with van der Waals surface area (Å²) < 4.78 is 26.3. The number of hydrogen-bond donors (Lipinski definition) is 1. The molecule has 0 spiro atoms. The summed E-state index contributed by atoms with van der Waals surface area (Å²) in [6.45, 7) is 0. The van der Waals surface area contributed by atoms with E-state index in [-0.39, 0.29) is 5.25 Å². The molecule has 1 aromatic carbocycles. The van der Waals surface area contributed by atoms with E-state index in [1.54, 1.807) is 31.3 Å². The number of sulfonamides is 1. The molecule has 1 saturated carbocycles. The van der Waals surface area contributed by atoms with Crippen LogP contribution in [0.5, 0.6) is 0 Å². The predicted octanol–water partition coefficient (Wildman–Crippen LogP) is 2.37. The molecule has 0 heterocycles. The maximum atomic E-state index is 12.5. The van der Waals surface area contributed by atoms with Crippen molar-refractivity contribution < 1.29 is 8.42 Å². The van der Waals surface area contributed by atoms with E-state index in [1.807, 2.05) is 0 Å². The van der Waals surface area contributed by atoms with Gasteiger partial charge in [0.1, 0.15) is 0 Å². The molecular weight excluding hydrogens is 248 g/mol. The third-order valence-electron chi connectivity index (χ3n) is 3.61. The van der Waals surface area contributed by atoms with Crippen LogP contribution in [0.2, 0.25) is 0 Å². The molecule has 1 aliphatic carbocycles. The Hall–Kier alpha value is -1.23. The molecule has 4 nitrogen and oxygen atoms in total. The minimum Gasteiger partial charge on any atom is -0.399 e. The van der Waals surface area contributed by atoms with Gasteiger partial charge in [-0.3, -0.25) is 4.31 Å². The van der Waals surface area contributed by atoms with E-state index in [4.69, 9.17) is 5.73 Å².